The Kier molecular flexibility index (Phi) is 3.29. The SMILES string of the molecule is FC1C(OC2CCCC2)C(F)(Cl)C(F)(F)C1(F)F. The second-order valence-corrected chi connectivity index (χ2v) is 5.24. The molecule has 0 saturated heterocycles. The molecule has 3 unspecified atom stereocenters. The molecule has 2 saturated carbocycles. The monoisotopic (exact) mass is 296 g/mol. The Morgan fingerprint density at radius 1 is 1.00 bits per heavy atom. The fourth-order valence-electron chi connectivity index (χ4n) is 2.33. The summed E-state index contributed by atoms with van der Waals surface area (Å²) in [5.74, 6) is -10.5. The molecule has 2 fully saturated rings. The van der Waals surface area contributed by atoms with Gasteiger partial charge in [-0.2, -0.15) is 17.6 Å². The highest BCUT2D eigenvalue weighted by Crippen LogP contribution is 2.59. The maximum absolute atomic E-state index is 13.6. The minimum Gasteiger partial charge on any atom is -0.367 e. The zero-order chi connectivity index (χ0) is 13.8. The standard InChI is InChI=1S/C10H11ClF6O/c11-8(13)7(18-5-3-1-2-4-5)6(12)9(14,15)10(8,16)17/h5-7H,1-4H2. The number of rotatable bonds is 2. The third kappa shape index (κ3) is 1.73. The maximum Gasteiger partial charge on any atom is 0.362 e. The zero-order valence-corrected chi connectivity index (χ0v) is 9.87. The van der Waals surface area contributed by atoms with Crippen molar-refractivity contribution in [2.24, 2.45) is 0 Å². The van der Waals surface area contributed by atoms with Crippen LogP contribution in [0.25, 0.3) is 0 Å². The van der Waals surface area contributed by atoms with E-state index in [2.05, 4.69) is 0 Å². The molecular weight excluding hydrogens is 286 g/mol. The molecule has 0 radical (unpaired) electrons. The molecule has 0 aromatic carbocycles. The van der Waals surface area contributed by atoms with Gasteiger partial charge in [0, 0.05) is 0 Å². The predicted molar refractivity (Wildman–Crippen MR) is 51.6 cm³/mol. The van der Waals surface area contributed by atoms with E-state index >= 15 is 0 Å². The Labute approximate surface area is 104 Å². The Morgan fingerprint density at radius 3 is 1.89 bits per heavy atom. The summed E-state index contributed by atoms with van der Waals surface area (Å²) >= 11 is 4.82. The number of hydrogen-bond donors (Lipinski definition) is 0. The van der Waals surface area contributed by atoms with Crippen LogP contribution in [0.1, 0.15) is 25.7 Å². The third-order valence-corrected chi connectivity index (χ3v) is 3.90. The van der Waals surface area contributed by atoms with Gasteiger partial charge in [0.15, 0.2) is 0 Å². The first kappa shape index (κ1) is 14.2. The molecule has 8 heteroatoms. The highest BCUT2D eigenvalue weighted by Gasteiger charge is 2.85. The van der Waals surface area contributed by atoms with Gasteiger partial charge in [-0.05, 0) is 12.8 Å². The molecule has 0 amide bonds. The van der Waals surface area contributed by atoms with Crippen LogP contribution in [0.2, 0.25) is 0 Å². The summed E-state index contributed by atoms with van der Waals surface area (Å²) in [6.45, 7) is 0. The molecule has 0 spiro atoms. The fraction of sp³-hybridized carbons (Fsp3) is 1.00. The van der Waals surface area contributed by atoms with E-state index in [0.717, 1.165) is 0 Å². The van der Waals surface area contributed by atoms with Crippen molar-refractivity contribution < 1.29 is 31.1 Å². The van der Waals surface area contributed by atoms with E-state index in [1.165, 1.54) is 0 Å². The lowest BCUT2D eigenvalue weighted by molar-refractivity contribution is -0.231. The largest absolute Gasteiger partial charge is 0.367 e. The average molecular weight is 297 g/mol. The summed E-state index contributed by atoms with van der Waals surface area (Å²) in [6, 6.07) is 0. The van der Waals surface area contributed by atoms with E-state index in [0.29, 0.717) is 25.7 Å². The van der Waals surface area contributed by atoms with Gasteiger partial charge in [0.1, 0.15) is 6.10 Å². The van der Waals surface area contributed by atoms with E-state index in [-0.39, 0.29) is 0 Å². The van der Waals surface area contributed by atoms with Gasteiger partial charge in [-0.15, -0.1) is 0 Å². The molecule has 3 atom stereocenters. The Bertz CT molecular complexity index is 328. The number of ether oxygens (including phenoxy) is 1. The van der Waals surface area contributed by atoms with Gasteiger partial charge in [-0.25, -0.2) is 8.78 Å². The highest BCUT2D eigenvalue weighted by molar-refractivity contribution is 6.24. The maximum atomic E-state index is 13.6. The number of alkyl halides is 7. The van der Waals surface area contributed by atoms with E-state index in [4.69, 9.17) is 16.3 Å². The van der Waals surface area contributed by atoms with Gasteiger partial charge < -0.3 is 4.74 Å². The van der Waals surface area contributed by atoms with Crippen molar-refractivity contribution in [2.75, 3.05) is 0 Å². The van der Waals surface area contributed by atoms with Crippen molar-refractivity contribution in [3.63, 3.8) is 0 Å². The molecule has 106 valence electrons. The van der Waals surface area contributed by atoms with Gasteiger partial charge >= 0.3 is 11.8 Å². The minimum absolute atomic E-state index is 0.396. The molecule has 1 nitrogen and oxygen atoms in total. The smallest absolute Gasteiger partial charge is 0.362 e. The van der Waals surface area contributed by atoms with Crippen LogP contribution < -0.4 is 0 Å². The highest BCUT2D eigenvalue weighted by atomic mass is 35.5. The molecule has 2 rings (SSSR count). The molecule has 2 aliphatic rings. The van der Waals surface area contributed by atoms with Crippen molar-refractivity contribution in [1.29, 1.82) is 0 Å². The van der Waals surface area contributed by atoms with E-state index < -0.39 is 35.4 Å². The predicted octanol–water partition coefficient (Wildman–Crippen LogP) is 3.84. The molecule has 0 heterocycles. The normalized spacial score (nSPS) is 43.5. The summed E-state index contributed by atoms with van der Waals surface area (Å²) in [4.78, 5) is 0. The van der Waals surface area contributed by atoms with E-state index in [9.17, 15) is 26.3 Å². The molecule has 0 N–H and O–H groups in total. The van der Waals surface area contributed by atoms with Gasteiger partial charge in [-0.1, -0.05) is 24.4 Å². The van der Waals surface area contributed by atoms with Crippen molar-refractivity contribution >= 4 is 11.6 Å². The Balaban J connectivity index is 2.24. The average Bonchev–Trinajstić information content (AvgIpc) is 2.78. The van der Waals surface area contributed by atoms with Crippen LogP contribution in [0.15, 0.2) is 0 Å². The summed E-state index contributed by atoms with van der Waals surface area (Å²) < 4.78 is 83.9. The molecule has 18 heavy (non-hydrogen) atoms. The second-order valence-electron chi connectivity index (χ2n) is 4.69. The van der Waals surface area contributed by atoms with Crippen molar-refractivity contribution in [3.8, 4) is 0 Å². The second kappa shape index (κ2) is 4.16. The van der Waals surface area contributed by atoms with Crippen LogP contribution in [-0.4, -0.2) is 35.4 Å². The van der Waals surface area contributed by atoms with Gasteiger partial charge in [0.05, 0.1) is 6.10 Å². The van der Waals surface area contributed by atoms with Crippen LogP contribution in [0, 0.1) is 0 Å². The Morgan fingerprint density at radius 2 is 1.50 bits per heavy atom. The summed E-state index contributed by atoms with van der Waals surface area (Å²) in [5, 5.41) is -4.24. The lowest BCUT2D eigenvalue weighted by Gasteiger charge is -2.27. The lowest BCUT2D eigenvalue weighted by Crippen LogP contribution is -2.49. The van der Waals surface area contributed by atoms with Gasteiger partial charge in [-0.3, -0.25) is 0 Å². The molecule has 0 aromatic heterocycles. The van der Waals surface area contributed by atoms with Crippen molar-refractivity contribution in [2.45, 2.75) is 61.0 Å². The van der Waals surface area contributed by atoms with Crippen LogP contribution >= 0.6 is 11.6 Å². The summed E-state index contributed by atoms with van der Waals surface area (Å²) in [6.07, 6.45) is -4.64. The first-order valence-corrected chi connectivity index (χ1v) is 5.93. The third-order valence-electron chi connectivity index (χ3n) is 3.45. The molecular formula is C10H11ClF6O. The first-order valence-electron chi connectivity index (χ1n) is 5.55. The topological polar surface area (TPSA) is 9.23 Å². The molecule has 0 aliphatic heterocycles. The molecule has 2 aliphatic carbocycles. The van der Waals surface area contributed by atoms with Crippen molar-refractivity contribution in [3.05, 3.63) is 0 Å². The fourth-order valence-corrected chi connectivity index (χ4v) is 2.62. The van der Waals surface area contributed by atoms with Crippen LogP contribution in [0.5, 0.6) is 0 Å². The first-order chi connectivity index (χ1) is 8.12. The minimum atomic E-state index is -5.30. The number of hydrogen-bond acceptors (Lipinski definition) is 1. The quantitative estimate of drug-likeness (QED) is 0.556. The lowest BCUT2D eigenvalue weighted by atomic mass is 10.2. The Hall–Kier alpha value is -0.170. The zero-order valence-electron chi connectivity index (χ0n) is 9.11. The summed E-state index contributed by atoms with van der Waals surface area (Å²) in [5.41, 5.74) is 0. The van der Waals surface area contributed by atoms with E-state index in [1.807, 2.05) is 0 Å². The summed E-state index contributed by atoms with van der Waals surface area (Å²) in [7, 11) is 0. The van der Waals surface area contributed by atoms with Crippen LogP contribution in [-0.2, 0) is 4.74 Å². The van der Waals surface area contributed by atoms with Gasteiger partial charge in [0.25, 0.3) is 5.13 Å². The number of halogens is 7. The van der Waals surface area contributed by atoms with Crippen LogP contribution in [0.4, 0.5) is 26.3 Å². The molecule has 0 bridgehead atoms. The molecule has 0 aromatic rings. The van der Waals surface area contributed by atoms with E-state index in [1.54, 1.807) is 0 Å². The van der Waals surface area contributed by atoms with Gasteiger partial charge in [0.2, 0.25) is 6.17 Å². The van der Waals surface area contributed by atoms with Crippen molar-refractivity contribution in [1.82, 2.24) is 0 Å². The van der Waals surface area contributed by atoms with Crippen LogP contribution in [0.3, 0.4) is 0 Å².